The van der Waals surface area contributed by atoms with Crippen LogP contribution >= 0.6 is 11.6 Å². The normalized spacial score (nSPS) is 13.5. The van der Waals surface area contributed by atoms with Crippen LogP contribution in [0.25, 0.3) is 0 Å². The highest BCUT2D eigenvalue weighted by molar-refractivity contribution is 6.31. The summed E-state index contributed by atoms with van der Waals surface area (Å²) in [4.78, 5) is 26.9. The fourth-order valence-electron chi connectivity index (χ4n) is 3.32. The summed E-state index contributed by atoms with van der Waals surface area (Å²) in [5.41, 5.74) is 3.11. The first-order valence-corrected chi connectivity index (χ1v) is 9.90. The largest absolute Gasteiger partial charge is 0.493 e. The van der Waals surface area contributed by atoms with Gasteiger partial charge < -0.3 is 15.0 Å². The van der Waals surface area contributed by atoms with Gasteiger partial charge in [0, 0.05) is 18.1 Å². The van der Waals surface area contributed by atoms with Crippen LogP contribution in [-0.2, 0) is 4.79 Å². The molecule has 2 amide bonds. The average molecular weight is 401 g/mol. The smallest absolute Gasteiger partial charge is 0.255 e. The first kappa shape index (κ1) is 20.2. The molecule has 3 rings (SSSR count). The second-order valence-electron chi connectivity index (χ2n) is 7.10. The third-order valence-corrected chi connectivity index (χ3v) is 5.03. The van der Waals surface area contributed by atoms with E-state index in [0.29, 0.717) is 16.3 Å². The molecule has 0 radical (unpaired) electrons. The summed E-state index contributed by atoms with van der Waals surface area (Å²) in [7, 11) is 0. The third kappa shape index (κ3) is 5.04. The Bertz CT molecular complexity index is 876. The zero-order valence-corrected chi connectivity index (χ0v) is 17.0. The van der Waals surface area contributed by atoms with Crippen molar-refractivity contribution in [1.82, 2.24) is 4.90 Å². The van der Waals surface area contributed by atoms with Crippen LogP contribution in [0.2, 0.25) is 5.02 Å². The number of rotatable bonds is 6. The second-order valence-corrected chi connectivity index (χ2v) is 7.54. The molecule has 2 aromatic carbocycles. The van der Waals surface area contributed by atoms with Crippen LogP contribution < -0.4 is 10.1 Å². The molecular formula is C22H25ClN2O3. The predicted octanol–water partition coefficient (Wildman–Crippen LogP) is 4.60. The van der Waals surface area contributed by atoms with Crippen LogP contribution in [0.1, 0.15) is 40.7 Å². The fourth-order valence-corrected chi connectivity index (χ4v) is 3.50. The van der Waals surface area contributed by atoms with Crippen molar-refractivity contribution in [1.29, 1.82) is 0 Å². The highest BCUT2D eigenvalue weighted by atomic mass is 35.5. The standard InChI is InChI=1S/C22H25ClN2O3/c1-15-5-8-20(16(2)13-15)28-12-9-21(26)24-19-14-17(23)6-7-18(19)22(27)25-10-3-4-11-25/h5-8,13-14H,3-4,9-12H2,1-2H3,(H,24,26). The van der Waals surface area contributed by atoms with Crippen molar-refractivity contribution in [2.45, 2.75) is 33.1 Å². The molecule has 0 spiro atoms. The Morgan fingerprint density at radius 3 is 2.57 bits per heavy atom. The van der Waals surface area contributed by atoms with Gasteiger partial charge in [-0.3, -0.25) is 9.59 Å². The number of benzene rings is 2. The minimum Gasteiger partial charge on any atom is -0.493 e. The van der Waals surface area contributed by atoms with Gasteiger partial charge in [-0.05, 0) is 56.5 Å². The predicted molar refractivity (Wildman–Crippen MR) is 111 cm³/mol. The zero-order chi connectivity index (χ0) is 20.1. The number of nitrogens with zero attached hydrogens (tertiary/aromatic N) is 1. The van der Waals surface area contributed by atoms with E-state index in [-0.39, 0.29) is 24.8 Å². The molecule has 1 N–H and O–H groups in total. The van der Waals surface area contributed by atoms with E-state index in [1.165, 1.54) is 5.56 Å². The van der Waals surface area contributed by atoms with E-state index in [9.17, 15) is 9.59 Å². The monoisotopic (exact) mass is 400 g/mol. The molecule has 1 fully saturated rings. The van der Waals surface area contributed by atoms with Crippen LogP contribution in [-0.4, -0.2) is 36.4 Å². The molecule has 6 heteroatoms. The maximum absolute atomic E-state index is 12.7. The SMILES string of the molecule is Cc1ccc(OCCC(=O)Nc2cc(Cl)ccc2C(=O)N2CCCC2)c(C)c1. The van der Waals surface area contributed by atoms with Gasteiger partial charge in [0.25, 0.3) is 5.91 Å². The van der Waals surface area contributed by atoms with Gasteiger partial charge in [0.15, 0.2) is 0 Å². The molecule has 0 saturated carbocycles. The van der Waals surface area contributed by atoms with Crippen molar-refractivity contribution >= 4 is 29.1 Å². The first-order chi connectivity index (χ1) is 13.4. The number of aryl methyl sites for hydroxylation is 2. The van der Waals surface area contributed by atoms with Gasteiger partial charge in [-0.2, -0.15) is 0 Å². The first-order valence-electron chi connectivity index (χ1n) is 9.53. The number of likely N-dealkylation sites (tertiary alicyclic amines) is 1. The topological polar surface area (TPSA) is 58.6 Å². The molecule has 148 valence electrons. The summed E-state index contributed by atoms with van der Waals surface area (Å²) in [6.07, 6.45) is 2.20. The van der Waals surface area contributed by atoms with Gasteiger partial charge in [0.05, 0.1) is 24.3 Å². The van der Waals surface area contributed by atoms with Crippen molar-refractivity contribution in [3.8, 4) is 5.75 Å². The number of halogens is 1. The van der Waals surface area contributed by atoms with E-state index >= 15 is 0 Å². The van der Waals surface area contributed by atoms with Crippen molar-refractivity contribution in [2.24, 2.45) is 0 Å². The molecular weight excluding hydrogens is 376 g/mol. The van der Waals surface area contributed by atoms with Crippen molar-refractivity contribution in [3.63, 3.8) is 0 Å². The van der Waals surface area contributed by atoms with E-state index in [0.717, 1.165) is 37.2 Å². The lowest BCUT2D eigenvalue weighted by Crippen LogP contribution is -2.29. The highest BCUT2D eigenvalue weighted by Gasteiger charge is 2.22. The average Bonchev–Trinajstić information content (AvgIpc) is 3.18. The lowest BCUT2D eigenvalue weighted by atomic mass is 10.1. The fraction of sp³-hybridized carbons (Fsp3) is 0.364. The highest BCUT2D eigenvalue weighted by Crippen LogP contribution is 2.24. The summed E-state index contributed by atoms with van der Waals surface area (Å²) >= 11 is 6.08. The minimum absolute atomic E-state index is 0.0732. The Kier molecular flexibility index (Phi) is 6.57. The molecule has 0 aliphatic carbocycles. The lowest BCUT2D eigenvalue weighted by molar-refractivity contribution is -0.116. The number of ether oxygens (including phenoxy) is 1. The number of anilines is 1. The molecule has 0 bridgehead atoms. The third-order valence-electron chi connectivity index (χ3n) is 4.80. The quantitative estimate of drug-likeness (QED) is 0.770. The number of hydrogen-bond acceptors (Lipinski definition) is 3. The Morgan fingerprint density at radius 1 is 1.11 bits per heavy atom. The number of hydrogen-bond donors (Lipinski definition) is 1. The molecule has 1 saturated heterocycles. The van der Waals surface area contributed by atoms with E-state index in [2.05, 4.69) is 5.32 Å². The van der Waals surface area contributed by atoms with Crippen molar-refractivity contribution < 1.29 is 14.3 Å². The summed E-state index contributed by atoms with van der Waals surface area (Å²) in [5.74, 6) is 0.476. The van der Waals surface area contributed by atoms with Crippen LogP contribution in [0.3, 0.4) is 0 Å². The minimum atomic E-state index is -0.220. The Labute approximate surface area is 170 Å². The van der Waals surface area contributed by atoms with Crippen LogP contribution in [0.15, 0.2) is 36.4 Å². The Balaban J connectivity index is 1.61. The summed E-state index contributed by atoms with van der Waals surface area (Å²) < 4.78 is 5.72. The Morgan fingerprint density at radius 2 is 1.86 bits per heavy atom. The number of amides is 2. The summed E-state index contributed by atoms with van der Waals surface area (Å²) in [6, 6.07) is 10.9. The van der Waals surface area contributed by atoms with Crippen LogP contribution in [0.4, 0.5) is 5.69 Å². The van der Waals surface area contributed by atoms with E-state index in [1.807, 2.05) is 36.9 Å². The maximum atomic E-state index is 12.7. The molecule has 0 unspecified atom stereocenters. The van der Waals surface area contributed by atoms with Gasteiger partial charge in [-0.15, -0.1) is 0 Å². The molecule has 1 aliphatic rings. The van der Waals surface area contributed by atoms with Gasteiger partial charge in [0.2, 0.25) is 5.91 Å². The molecule has 5 nitrogen and oxygen atoms in total. The Hall–Kier alpha value is -2.53. The van der Waals surface area contributed by atoms with E-state index in [1.54, 1.807) is 18.2 Å². The summed E-state index contributed by atoms with van der Waals surface area (Å²) in [5, 5.41) is 3.29. The lowest BCUT2D eigenvalue weighted by Gasteiger charge is -2.18. The van der Waals surface area contributed by atoms with Gasteiger partial charge in [-0.1, -0.05) is 29.3 Å². The van der Waals surface area contributed by atoms with Crippen LogP contribution in [0, 0.1) is 13.8 Å². The van der Waals surface area contributed by atoms with Gasteiger partial charge in [0.1, 0.15) is 5.75 Å². The maximum Gasteiger partial charge on any atom is 0.255 e. The van der Waals surface area contributed by atoms with Crippen molar-refractivity contribution in [2.75, 3.05) is 25.0 Å². The molecule has 2 aromatic rings. The van der Waals surface area contributed by atoms with Crippen LogP contribution in [0.5, 0.6) is 5.75 Å². The van der Waals surface area contributed by atoms with Gasteiger partial charge in [-0.25, -0.2) is 0 Å². The number of carbonyl (C=O) groups excluding carboxylic acids is 2. The number of nitrogens with one attached hydrogen (secondary N) is 1. The van der Waals surface area contributed by atoms with E-state index in [4.69, 9.17) is 16.3 Å². The van der Waals surface area contributed by atoms with Crippen molar-refractivity contribution in [3.05, 3.63) is 58.1 Å². The summed E-state index contributed by atoms with van der Waals surface area (Å²) in [6.45, 7) is 5.75. The van der Waals surface area contributed by atoms with Gasteiger partial charge >= 0.3 is 0 Å². The molecule has 0 aromatic heterocycles. The van der Waals surface area contributed by atoms with E-state index < -0.39 is 0 Å². The molecule has 1 aliphatic heterocycles. The molecule has 28 heavy (non-hydrogen) atoms. The molecule has 0 atom stereocenters. The zero-order valence-electron chi connectivity index (χ0n) is 16.3. The second kappa shape index (κ2) is 9.11. The number of carbonyl (C=O) groups is 2. The molecule has 1 heterocycles.